The van der Waals surface area contributed by atoms with E-state index in [-0.39, 0.29) is 5.91 Å². The number of amides is 1. The van der Waals surface area contributed by atoms with E-state index in [1.807, 2.05) is 4.90 Å². The summed E-state index contributed by atoms with van der Waals surface area (Å²) in [5.41, 5.74) is -0.506. The first-order valence-electron chi connectivity index (χ1n) is 7.31. The van der Waals surface area contributed by atoms with Crippen molar-refractivity contribution in [1.29, 1.82) is 0 Å². The highest BCUT2D eigenvalue weighted by Gasteiger charge is 2.42. The van der Waals surface area contributed by atoms with Crippen LogP contribution in [-0.4, -0.2) is 72.4 Å². The summed E-state index contributed by atoms with van der Waals surface area (Å²) >= 11 is 0. The summed E-state index contributed by atoms with van der Waals surface area (Å²) in [6, 6.07) is 0. The Kier molecular flexibility index (Phi) is 4.81. The van der Waals surface area contributed by atoms with E-state index in [4.69, 9.17) is 4.74 Å². The van der Waals surface area contributed by atoms with Crippen molar-refractivity contribution in [2.24, 2.45) is 5.92 Å². The highest BCUT2D eigenvalue weighted by atomic mass is 16.5. The van der Waals surface area contributed by atoms with Crippen LogP contribution in [0, 0.1) is 5.92 Å². The molecule has 0 aliphatic carbocycles. The zero-order valence-electron chi connectivity index (χ0n) is 12.1. The number of aliphatic hydroxyl groups is 1. The van der Waals surface area contributed by atoms with Crippen LogP contribution in [0.3, 0.4) is 0 Å². The van der Waals surface area contributed by atoms with Crippen LogP contribution in [0.4, 0.5) is 0 Å². The number of rotatable bonds is 5. The second-order valence-electron chi connectivity index (χ2n) is 6.07. The topological polar surface area (TPSA) is 53.0 Å². The molecule has 0 bridgehead atoms. The van der Waals surface area contributed by atoms with Gasteiger partial charge in [-0.2, -0.15) is 0 Å². The van der Waals surface area contributed by atoms with E-state index in [0.717, 1.165) is 39.1 Å². The number of carbonyl (C=O) groups excluding carboxylic acids is 1. The van der Waals surface area contributed by atoms with Crippen molar-refractivity contribution < 1.29 is 14.6 Å². The molecule has 2 heterocycles. The molecule has 0 radical (unpaired) electrons. The Bertz CT molecular complexity index is 308. The molecular weight excluding hydrogens is 244 g/mol. The number of nitrogens with zero attached hydrogens (tertiary/aromatic N) is 2. The fourth-order valence-electron chi connectivity index (χ4n) is 2.68. The van der Waals surface area contributed by atoms with Gasteiger partial charge in [0.2, 0.25) is 5.91 Å². The number of carbonyl (C=O) groups is 1. The first-order chi connectivity index (χ1) is 9.01. The maximum atomic E-state index is 11.9. The fourth-order valence-corrected chi connectivity index (χ4v) is 2.68. The first-order valence-corrected chi connectivity index (χ1v) is 7.31. The quantitative estimate of drug-likeness (QED) is 0.782. The van der Waals surface area contributed by atoms with Crippen LogP contribution in [0.25, 0.3) is 0 Å². The molecule has 5 nitrogen and oxygen atoms in total. The average molecular weight is 270 g/mol. The van der Waals surface area contributed by atoms with Gasteiger partial charge in [0.15, 0.2) is 0 Å². The molecule has 2 rings (SSSR count). The third-order valence-electron chi connectivity index (χ3n) is 4.30. The molecule has 0 atom stereocenters. The van der Waals surface area contributed by atoms with E-state index in [1.165, 1.54) is 0 Å². The molecular formula is C14H26N2O3. The Morgan fingerprint density at radius 1 is 1.32 bits per heavy atom. The van der Waals surface area contributed by atoms with Crippen LogP contribution in [-0.2, 0) is 9.53 Å². The molecule has 5 heteroatoms. The van der Waals surface area contributed by atoms with Crippen LogP contribution >= 0.6 is 0 Å². The van der Waals surface area contributed by atoms with Crippen molar-refractivity contribution in [3.05, 3.63) is 0 Å². The lowest BCUT2D eigenvalue weighted by Crippen LogP contribution is -2.64. The molecule has 1 N–H and O–H groups in total. The molecule has 0 unspecified atom stereocenters. The minimum atomic E-state index is -0.506. The van der Waals surface area contributed by atoms with Gasteiger partial charge in [0, 0.05) is 32.6 Å². The van der Waals surface area contributed by atoms with E-state index >= 15 is 0 Å². The van der Waals surface area contributed by atoms with Gasteiger partial charge >= 0.3 is 0 Å². The van der Waals surface area contributed by atoms with E-state index in [9.17, 15) is 9.90 Å². The summed E-state index contributed by atoms with van der Waals surface area (Å²) in [4.78, 5) is 16.0. The lowest BCUT2D eigenvalue weighted by Gasteiger charge is -2.49. The van der Waals surface area contributed by atoms with E-state index in [1.54, 1.807) is 0 Å². The monoisotopic (exact) mass is 270 g/mol. The minimum absolute atomic E-state index is 0.239. The highest BCUT2D eigenvalue weighted by Crippen LogP contribution is 2.28. The van der Waals surface area contributed by atoms with Gasteiger partial charge in [0.25, 0.3) is 0 Å². The van der Waals surface area contributed by atoms with E-state index in [0.29, 0.717) is 25.6 Å². The second kappa shape index (κ2) is 6.20. The summed E-state index contributed by atoms with van der Waals surface area (Å²) in [6.45, 7) is 9.31. The molecule has 19 heavy (non-hydrogen) atoms. The molecule has 2 fully saturated rings. The van der Waals surface area contributed by atoms with Crippen molar-refractivity contribution in [3.8, 4) is 0 Å². The van der Waals surface area contributed by atoms with Crippen molar-refractivity contribution in [2.75, 3.05) is 45.9 Å². The average Bonchev–Trinajstić information content (AvgIpc) is 2.37. The van der Waals surface area contributed by atoms with Crippen molar-refractivity contribution in [3.63, 3.8) is 0 Å². The number of β-amino-alcohol motifs (C(OH)–C–C–N with tert-alkyl or cyclic N) is 1. The van der Waals surface area contributed by atoms with Crippen LogP contribution in [0.5, 0.6) is 0 Å². The third-order valence-corrected chi connectivity index (χ3v) is 4.30. The molecule has 1 amide bonds. The lowest BCUT2D eigenvalue weighted by molar-refractivity contribution is -0.137. The molecule has 0 aromatic heterocycles. The van der Waals surface area contributed by atoms with Crippen LogP contribution < -0.4 is 0 Å². The number of morpholine rings is 1. The van der Waals surface area contributed by atoms with Gasteiger partial charge in [-0.15, -0.1) is 0 Å². The molecule has 2 aliphatic rings. The summed E-state index contributed by atoms with van der Waals surface area (Å²) in [6.07, 6.45) is 1.49. The Labute approximate surface area is 115 Å². The highest BCUT2D eigenvalue weighted by molar-refractivity contribution is 5.76. The predicted molar refractivity (Wildman–Crippen MR) is 72.9 cm³/mol. The third kappa shape index (κ3) is 3.68. The van der Waals surface area contributed by atoms with Crippen LogP contribution in [0.15, 0.2) is 0 Å². The van der Waals surface area contributed by atoms with Gasteiger partial charge in [-0.25, -0.2) is 0 Å². The summed E-state index contributed by atoms with van der Waals surface area (Å²) in [7, 11) is 0. The number of hydrogen-bond acceptors (Lipinski definition) is 4. The van der Waals surface area contributed by atoms with Gasteiger partial charge in [-0.05, 0) is 18.9 Å². The maximum absolute atomic E-state index is 11.9. The van der Waals surface area contributed by atoms with Crippen LogP contribution in [0.2, 0.25) is 0 Å². The lowest BCUT2D eigenvalue weighted by atomic mass is 9.83. The zero-order valence-corrected chi connectivity index (χ0v) is 12.1. The van der Waals surface area contributed by atoms with Gasteiger partial charge in [-0.3, -0.25) is 9.69 Å². The standard InChI is InChI=1S/C14H26N2O3/c1-12(2)14(18)10-15(11-14)5-3-4-13(17)16-6-8-19-9-7-16/h12,18H,3-11H2,1-2H3. The molecule has 2 aliphatic heterocycles. The zero-order chi connectivity index (χ0) is 13.9. The summed E-state index contributed by atoms with van der Waals surface area (Å²) < 4.78 is 5.23. The predicted octanol–water partition coefficient (Wildman–Crippen LogP) is 0.328. The van der Waals surface area contributed by atoms with Gasteiger partial charge < -0.3 is 14.7 Å². The van der Waals surface area contributed by atoms with Crippen molar-refractivity contribution in [1.82, 2.24) is 9.80 Å². The fraction of sp³-hybridized carbons (Fsp3) is 0.929. The Morgan fingerprint density at radius 2 is 1.95 bits per heavy atom. The van der Waals surface area contributed by atoms with Crippen LogP contribution in [0.1, 0.15) is 26.7 Å². The second-order valence-corrected chi connectivity index (χ2v) is 6.07. The Balaban J connectivity index is 1.59. The molecule has 0 aromatic rings. The van der Waals surface area contributed by atoms with Crippen molar-refractivity contribution in [2.45, 2.75) is 32.3 Å². The Morgan fingerprint density at radius 3 is 2.53 bits per heavy atom. The number of ether oxygens (including phenoxy) is 1. The SMILES string of the molecule is CC(C)C1(O)CN(CCCC(=O)N2CCOCC2)C1. The largest absolute Gasteiger partial charge is 0.387 e. The minimum Gasteiger partial charge on any atom is -0.387 e. The molecule has 2 saturated heterocycles. The van der Waals surface area contributed by atoms with Gasteiger partial charge in [0.05, 0.1) is 18.8 Å². The van der Waals surface area contributed by atoms with Gasteiger partial charge in [-0.1, -0.05) is 13.8 Å². The molecule has 0 spiro atoms. The van der Waals surface area contributed by atoms with Gasteiger partial charge in [0.1, 0.15) is 0 Å². The maximum Gasteiger partial charge on any atom is 0.222 e. The number of likely N-dealkylation sites (tertiary alicyclic amines) is 1. The number of hydrogen-bond donors (Lipinski definition) is 1. The summed E-state index contributed by atoms with van der Waals surface area (Å²) in [5.74, 6) is 0.543. The molecule has 110 valence electrons. The van der Waals surface area contributed by atoms with E-state index in [2.05, 4.69) is 18.7 Å². The molecule has 0 saturated carbocycles. The van der Waals surface area contributed by atoms with Crippen molar-refractivity contribution >= 4 is 5.91 Å². The first kappa shape index (κ1) is 14.8. The summed E-state index contributed by atoms with van der Waals surface area (Å²) in [5, 5.41) is 10.1. The normalized spacial score (nSPS) is 23.5. The Hall–Kier alpha value is -0.650. The smallest absolute Gasteiger partial charge is 0.222 e. The van der Waals surface area contributed by atoms with E-state index < -0.39 is 5.60 Å². The molecule has 0 aromatic carbocycles.